The van der Waals surface area contributed by atoms with Crippen molar-refractivity contribution in [3.8, 4) is 0 Å². The Balaban J connectivity index is 0.00000243. The molecule has 1 radical (unpaired) electrons. The summed E-state index contributed by atoms with van der Waals surface area (Å²) in [5.41, 5.74) is 3.35. The zero-order chi connectivity index (χ0) is 17.7. The van der Waals surface area contributed by atoms with E-state index in [4.69, 9.17) is 0 Å². The summed E-state index contributed by atoms with van der Waals surface area (Å²) in [5.74, 6) is 0.723. The van der Waals surface area contributed by atoms with E-state index in [2.05, 4.69) is 37.4 Å². The fourth-order valence-electron chi connectivity index (χ4n) is 4.67. The summed E-state index contributed by atoms with van der Waals surface area (Å²) >= 11 is 1.76. The Hall–Kier alpha value is 0.244. The topological polar surface area (TPSA) is 20.2 Å². The van der Waals surface area contributed by atoms with Crippen molar-refractivity contribution in [2.75, 3.05) is 0 Å². The van der Waals surface area contributed by atoms with Gasteiger partial charge in [0.05, 0.1) is 6.10 Å². The van der Waals surface area contributed by atoms with Crippen LogP contribution < -0.4 is 0 Å². The van der Waals surface area contributed by atoms with Crippen LogP contribution in [0.3, 0.4) is 0 Å². The summed E-state index contributed by atoms with van der Waals surface area (Å²) < 4.78 is 0. The normalized spacial score (nSPS) is 23.1. The minimum absolute atomic E-state index is 0. The van der Waals surface area contributed by atoms with Gasteiger partial charge >= 0.3 is 0 Å². The van der Waals surface area contributed by atoms with Crippen LogP contribution in [0.15, 0.2) is 35.4 Å². The molecule has 2 atom stereocenters. The molecule has 2 aliphatic rings. The molecule has 1 heterocycles. The molecule has 0 aliphatic heterocycles. The van der Waals surface area contributed by atoms with Crippen LogP contribution in [0.4, 0.5) is 0 Å². The van der Waals surface area contributed by atoms with E-state index in [9.17, 15) is 5.11 Å². The van der Waals surface area contributed by atoms with Crippen LogP contribution in [0.25, 0.3) is 0 Å². The maximum Gasteiger partial charge on any atom is 0.0630 e. The molecule has 0 saturated heterocycles. The van der Waals surface area contributed by atoms with Gasteiger partial charge < -0.3 is 16.4 Å². The second-order valence-electron chi connectivity index (χ2n) is 8.11. The maximum absolute atomic E-state index is 10.6. The van der Waals surface area contributed by atoms with Gasteiger partial charge in [-0.05, 0) is 68.8 Å². The van der Waals surface area contributed by atoms with Gasteiger partial charge in [0.15, 0.2) is 0 Å². The molecule has 0 bridgehead atoms. The maximum atomic E-state index is 10.6. The van der Waals surface area contributed by atoms with Gasteiger partial charge in [-0.1, -0.05) is 43.9 Å². The molecular weight excluding hydrogens is 413 g/mol. The van der Waals surface area contributed by atoms with E-state index in [0.717, 1.165) is 18.8 Å². The number of hydrogen-bond acceptors (Lipinski definition) is 2. The first-order valence-electron chi connectivity index (χ1n) is 10.1. The average Bonchev–Trinajstić information content (AvgIpc) is 3.19. The Labute approximate surface area is 189 Å². The number of hydrogen-bond donors (Lipinski definition) is 1. The van der Waals surface area contributed by atoms with Gasteiger partial charge in [0.25, 0.3) is 0 Å². The molecule has 1 nitrogen and oxygen atoms in total. The number of allylic oxidation sites excluding steroid dienone is 3. The van der Waals surface area contributed by atoms with Crippen LogP contribution in [0.5, 0.6) is 0 Å². The van der Waals surface area contributed by atoms with Gasteiger partial charge in [0, 0.05) is 32.7 Å². The number of thiophene rings is 1. The van der Waals surface area contributed by atoms with Gasteiger partial charge in [0.1, 0.15) is 0 Å². The summed E-state index contributed by atoms with van der Waals surface area (Å²) in [5, 5.41) is 13.8. The van der Waals surface area contributed by atoms with Crippen molar-refractivity contribution >= 4 is 11.3 Å². The van der Waals surface area contributed by atoms with Crippen LogP contribution in [0.1, 0.15) is 76.5 Å². The third kappa shape index (κ3) is 5.40. The molecule has 0 spiro atoms. The molecule has 141 valence electrons. The molecular formula is C23H33OSY-. The van der Waals surface area contributed by atoms with Gasteiger partial charge in [-0.15, -0.1) is 10.3 Å². The number of aliphatic hydroxyl groups is 1. The first-order valence-corrected chi connectivity index (χ1v) is 11.0. The SMILES string of the molecule is CCC1(C(O)C/C=C/C2=C(C)CC[C@@H]2CCCc2cc[c-]s2)CCC1.[Y]. The summed E-state index contributed by atoms with van der Waals surface area (Å²) in [6.45, 7) is 4.53. The minimum atomic E-state index is -0.154. The predicted octanol–water partition coefficient (Wildman–Crippen LogP) is 6.48. The minimum Gasteiger partial charge on any atom is -0.392 e. The van der Waals surface area contributed by atoms with Crippen molar-refractivity contribution in [3.05, 3.63) is 45.7 Å². The Morgan fingerprint density at radius 2 is 2.23 bits per heavy atom. The van der Waals surface area contributed by atoms with Crippen molar-refractivity contribution in [2.45, 2.75) is 84.2 Å². The van der Waals surface area contributed by atoms with Crippen LogP contribution in [0, 0.1) is 16.7 Å². The van der Waals surface area contributed by atoms with Crippen molar-refractivity contribution in [1.82, 2.24) is 0 Å². The first kappa shape index (κ1) is 22.5. The molecule has 1 N–H and O–H groups in total. The molecule has 1 unspecified atom stereocenters. The van der Waals surface area contributed by atoms with Gasteiger partial charge in [-0.25, -0.2) is 6.07 Å². The number of aryl methyl sites for hydroxylation is 1. The molecule has 0 aromatic carbocycles. The van der Waals surface area contributed by atoms with Gasteiger partial charge in [0.2, 0.25) is 0 Å². The van der Waals surface area contributed by atoms with E-state index in [0.29, 0.717) is 0 Å². The molecule has 0 amide bonds. The Kier molecular flexibility index (Phi) is 9.27. The van der Waals surface area contributed by atoms with E-state index in [1.165, 1.54) is 56.2 Å². The third-order valence-corrected chi connectivity index (χ3v) is 7.58. The summed E-state index contributed by atoms with van der Waals surface area (Å²) in [4.78, 5) is 1.46. The van der Waals surface area contributed by atoms with E-state index >= 15 is 0 Å². The third-order valence-electron chi connectivity index (χ3n) is 6.72. The first-order chi connectivity index (χ1) is 12.1. The average molecular weight is 446 g/mol. The molecule has 2 aliphatic carbocycles. The van der Waals surface area contributed by atoms with E-state index in [-0.39, 0.29) is 44.2 Å². The fraction of sp³-hybridized carbons (Fsp3) is 0.652. The molecule has 1 aromatic heterocycles. The Morgan fingerprint density at radius 3 is 2.85 bits per heavy atom. The number of rotatable bonds is 9. The molecule has 3 heteroatoms. The van der Waals surface area contributed by atoms with Crippen molar-refractivity contribution < 1.29 is 37.8 Å². The largest absolute Gasteiger partial charge is 0.392 e. The van der Waals surface area contributed by atoms with Crippen LogP contribution >= 0.6 is 11.3 Å². The molecule has 1 fully saturated rings. The summed E-state index contributed by atoms with van der Waals surface area (Å²) in [6.07, 6.45) is 16.4. The molecule has 3 rings (SSSR count). The molecule has 26 heavy (non-hydrogen) atoms. The van der Waals surface area contributed by atoms with Crippen molar-refractivity contribution in [3.63, 3.8) is 0 Å². The zero-order valence-corrected chi connectivity index (χ0v) is 20.1. The van der Waals surface area contributed by atoms with E-state index in [1.54, 1.807) is 22.5 Å². The van der Waals surface area contributed by atoms with Crippen LogP contribution in [-0.4, -0.2) is 11.2 Å². The second kappa shape index (κ2) is 10.7. The summed E-state index contributed by atoms with van der Waals surface area (Å²) in [7, 11) is 0. The Bertz CT molecular complexity index is 592. The standard InChI is InChI=1S/C23H33OS.Y/c1-3-23(15-7-16-23)22(24)12-5-11-21-18(2)13-14-19(21)8-4-9-20-10-6-17-25-20;/h5-6,10-11,19,22,24H,3-4,7-9,12-16H2,1-2H3;/q-1;/b11-5+;/t19-,22?;/m0./s1. The monoisotopic (exact) mass is 446 g/mol. The zero-order valence-electron chi connectivity index (χ0n) is 16.5. The number of aliphatic hydroxyl groups excluding tert-OH is 1. The predicted molar refractivity (Wildman–Crippen MR) is 108 cm³/mol. The van der Waals surface area contributed by atoms with Crippen LogP contribution in [0.2, 0.25) is 0 Å². The van der Waals surface area contributed by atoms with Gasteiger partial charge in [-0.3, -0.25) is 0 Å². The van der Waals surface area contributed by atoms with Crippen molar-refractivity contribution in [2.24, 2.45) is 11.3 Å². The molecule has 1 saturated carbocycles. The Morgan fingerprint density at radius 1 is 1.42 bits per heavy atom. The summed E-state index contributed by atoms with van der Waals surface area (Å²) in [6, 6.07) is 4.23. The molecule has 1 aromatic rings. The van der Waals surface area contributed by atoms with E-state index in [1.807, 2.05) is 6.07 Å². The van der Waals surface area contributed by atoms with Crippen molar-refractivity contribution in [1.29, 1.82) is 0 Å². The van der Waals surface area contributed by atoms with Gasteiger partial charge in [-0.2, -0.15) is 6.07 Å². The van der Waals surface area contributed by atoms with Crippen LogP contribution in [-0.2, 0) is 39.1 Å². The fourth-order valence-corrected chi connectivity index (χ4v) is 5.34. The smallest absolute Gasteiger partial charge is 0.0630 e. The second-order valence-corrected chi connectivity index (χ2v) is 9.07. The quantitative estimate of drug-likeness (QED) is 0.431. The van der Waals surface area contributed by atoms with E-state index < -0.39 is 0 Å².